The van der Waals surface area contributed by atoms with Gasteiger partial charge < -0.3 is 24.1 Å². The van der Waals surface area contributed by atoms with Crippen molar-refractivity contribution in [3.63, 3.8) is 0 Å². The zero-order chi connectivity index (χ0) is 40.0. The number of rotatable bonds is 12. The van der Waals surface area contributed by atoms with E-state index < -0.39 is 41.3 Å². The quantitative estimate of drug-likeness (QED) is 0.0989. The van der Waals surface area contributed by atoms with Crippen molar-refractivity contribution < 1.29 is 24.1 Å². The Morgan fingerprint density at radius 2 is 1.29 bits per heavy atom. The molecule has 0 aliphatic carbocycles. The van der Waals surface area contributed by atoms with E-state index in [4.69, 9.17) is 18.9 Å². The summed E-state index contributed by atoms with van der Waals surface area (Å²) in [6.45, 7) is 0.374. The lowest BCUT2D eigenvalue weighted by molar-refractivity contribution is -0.0951. The van der Waals surface area contributed by atoms with Gasteiger partial charge in [-0.25, -0.2) is 4.79 Å². The predicted molar refractivity (Wildman–Crippen MR) is 225 cm³/mol. The lowest BCUT2D eigenvalue weighted by Crippen LogP contribution is -2.47. The minimum Gasteiger partial charge on any atom is -0.497 e. The lowest BCUT2D eigenvalue weighted by Gasteiger charge is -2.37. The van der Waals surface area contributed by atoms with Crippen molar-refractivity contribution in [3.05, 3.63) is 189 Å². The van der Waals surface area contributed by atoms with E-state index in [1.165, 1.54) is 38.4 Å². The molecule has 7 aromatic carbocycles. The van der Waals surface area contributed by atoms with Crippen LogP contribution in [0.3, 0.4) is 0 Å². The Balaban J connectivity index is 1.11. The molecule has 0 saturated carbocycles. The number of aromatic amines is 1. The highest BCUT2D eigenvalue weighted by molar-refractivity contribution is 6.23. The van der Waals surface area contributed by atoms with Crippen molar-refractivity contribution in [2.45, 2.75) is 36.6 Å². The van der Waals surface area contributed by atoms with Crippen LogP contribution in [-0.2, 0) is 21.6 Å². The molecular formula is C48H43N3O7. The number of aromatic nitrogens is 2. The second kappa shape index (κ2) is 15.2. The Hall–Kier alpha value is -6.30. The first-order valence-electron chi connectivity index (χ1n) is 19.3. The van der Waals surface area contributed by atoms with E-state index in [0.29, 0.717) is 18.0 Å². The summed E-state index contributed by atoms with van der Waals surface area (Å²) in [5.74, 6) is 1.39. The van der Waals surface area contributed by atoms with Crippen molar-refractivity contribution in [1.82, 2.24) is 14.5 Å². The van der Waals surface area contributed by atoms with Crippen molar-refractivity contribution >= 4 is 32.3 Å². The molecule has 4 atom stereocenters. The number of H-pyrrole nitrogens is 1. The van der Waals surface area contributed by atoms with E-state index in [9.17, 15) is 14.7 Å². The Bertz CT molecular complexity index is 2760. The van der Waals surface area contributed by atoms with Gasteiger partial charge in [0, 0.05) is 18.8 Å². The Morgan fingerprint density at radius 1 is 0.707 bits per heavy atom. The fourth-order valence-electron chi connectivity index (χ4n) is 8.79. The Kier molecular flexibility index (Phi) is 9.79. The van der Waals surface area contributed by atoms with Crippen LogP contribution in [-0.4, -0.2) is 65.7 Å². The van der Waals surface area contributed by atoms with Gasteiger partial charge in [0.1, 0.15) is 29.3 Å². The van der Waals surface area contributed by atoms with Crippen molar-refractivity contribution in [2.75, 3.05) is 27.9 Å². The highest BCUT2D eigenvalue weighted by atomic mass is 16.6. The number of aliphatic hydroxyl groups excluding tert-OH is 1. The minimum atomic E-state index is -1.17. The van der Waals surface area contributed by atoms with Gasteiger partial charge in [-0.1, -0.05) is 109 Å². The monoisotopic (exact) mass is 773 g/mol. The number of aliphatic hydroxyl groups is 1. The number of ether oxygens (including phenoxy) is 4. The third-order valence-corrected chi connectivity index (χ3v) is 11.6. The number of benzene rings is 7. The predicted octanol–water partition coefficient (Wildman–Crippen LogP) is 7.22. The van der Waals surface area contributed by atoms with Gasteiger partial charge in [-0.2, -0.15) is 0 Å². The average molecular weight is 774 g/mol. The molecule has 0 bridgehead atoms. The first kappa shape index (κ1) is 37.3. The van der Waals surface area contributed by atoms with Crippen LogP contribution in [0.15, 0.2) is 155 Å². The Morgan fingerprint density at radius 3 is 1.91 bits per heavy atom. The van der Waals surface area contributed by atoms with Crippen LogP contribution in [0.4, 0.5) is 0 Å². The summed E-state index contributed by atoms with van der Waals surface area (Å²) < 4.78 is 26.2. The fourth-order valence-corrected chi connectivity index (χ4v) is 8.79. The van der Waals surface area contributed by atoms with Gasteiger partial charge in [0.15, 0.2) is 6.23 Å². The first-order chi connectivity index (χ1) is 28.3. The van der Waals surface area contributed by atoms with E-state index in [1.54, 1.807) is 14.2 Å². The Labute approximate surface area is 334 Å². The van der Waals surface area contributed by atoms with Crippen LogP contribution < -0.4 is 20.7 Å². The normalized spacial score (nSPS) is 18.4. The molecule has 10 heteroatoms. The van der Waals surface area contributed by atoms with Crippen LogP contribution in [0.5, 0.6) is 11.5 Å². The molecule has 58 heavy (non-hydrogen) atoms. The maximum absolute atomic E-state index is 13.4. The highest BCUT2D eigenvalue weighted by Crippen LogP contribution is 2.44. The third-order valence-electron chi connectivity index (χ3n) is 11.6. The largest absolute Gasteiger partial charge is 0.497 e. The molecule has 2 unspecified atom stereocenters. The number of nitrogens with zero attached hydrogens (tertiary/aromatic N) is 2. The second-order valence-electron chi connectivity index (χ2n) is 14.9. The summed E-state index contributed by atoms with van der Waals surface area (Å²) in [4.78, 5) is 30.0. The first-order valence-corrected chi connectivity index (χ1v) is 19.3. The van der Waals surface area contributed by atoms with Gasteiger partial charge in [-0.3, -0.25) is 19.2 Å². The molecule has 1 fully saturated rings. The van der Waals surface area contributed by atoms with E-state index >= 15 is 0 Å². The molecule has 1 aliphatic rings. The topological polar surface area (TPSA) is 115 Å². The molecule has 0 radical (unpaired) electrons. The van der Waals surface area contributed by atoms with Gasteiger partial charge in [-0.05, 0) is 85.9 Å². The molecule has 9 rings (SSSR count). The standard InChI is InChI=1S/C48H43N3O7/c1-50(28-33-15-14-32-13-12-30-8-7-9-31-16-25-39(33)43(32)42(30)31)44-45(53)40(58-46(44)51-27-26-41(52)49-47(51)54)29-57-48(34-10-5-4-6-11-34,35-17-21-37(55-2)22-18-35)36-19-23-38(56-3)24-20-36/h4-27,40,44-46,53H,28-29H2,1-3H3,(H,49,52,54)/t40-,44?,45?,46-/m1/s1. The lowest BCUT2D eigenvalue weighted by atomic mass is 9.80. The summed E-state index contributed by atoms with van der Waals surface area (Å²) in [5.41, 5.74) is 1.25. The molecule has 8 aromatic rings. The van der Waals surface area contributed by atoms with E-state index in [0.717, 1.165) is 33.0 Å². The molecule has 1 aliphatic heterocycles. The summed E-state index contributed by atoms with van der Waals surface area (Å²) in [7, 11) is 5.17. The molecule has 2 N–H and O–H groups in total. The smallest absolute Gasteiger partial charge is 0.330 e. The van der Waals surface area contributed by atoms with Crippen LogP contribution in [0.1, 0.15) is 28.5 Å². The second-order valence-corrected chi connectivity index (χ2v) is 14.9. The zero-order valence-electron chi connectivity index (χ0n) is 32.4. The van der Waals surface area contributed by atoms with Crippen molar-refractivity contribution in [1.29, 1.82) is 0 Å². The third kappa shape index (κ3) is 6.40. The van der Waals surface area contributed by atoms with E-state index in [2.05, 4.69) is 59.6 Å². The fraction of sp³-hybridized carbons (Fsp3) is 0.208. The van der Waals surface area contributed by atoms with Crippen LogP contribution in [0.2, 0.25) is 0 Å². The van der Waals surface area contributed by atoms with Crippen LogP contribution >= 0.6 is 0 Å². The number of likely N-dealkylation sites (N-methyl/N-ethyl adjacent to an activating group) is 1. The average Bonchev–Trinajstić information content (AvgIpc) is 3.59. The summed E-state index contributed by atoms with van der Waals surface area (Å²) in [5, 5.41) is 19.4. The molecule has 10 nitrogen and oxygen atoms in total. The molecule has 0 spiro atoms. The van der Waals surface area contributed by atoms with Gasteiger partial charge >= 0.3 is 5.69 Å². The molecule has 1 aromatic heterocycles. The summed E-state index contributed by atoms with van der Waals surface area (Å²) in [6.07, 6.45) is -1.56. The number of hydrogen-bond acceptors (Lipinski definition) is 8. The zero-order valence-corrected chi connectivity index (χ0v) is 32.4. The molecule has 292 valence electrons. The molecule has 0 amide bonds. The maximum Gasteiger partial charge on any atom is 0.330 e. The molecular weight excluding hydrogens is 731 g/mol. The van der Waals surface area contributed by atoms with Crippen LogP contribution in [0.25, 0.3) is 32.3 Å². The summed E-state index contributed by atoms with van der Waals surface area (Å²) >= 11 is 0. The van der Waals surface area contributed by atoms with E-state index in [1.807, 2.05) is 90.8 Å². The summed E-state index contributed by atoms with van der Waals surface area (Å²) in [6, 6.07) is 45.2. The number of nitrogens with one attached hydrogen (secondary N) is 1. The SMILES string of the molecule is COc1ccc(C(OC[C@H]2O[C@@H](n3ccc(=O)[nH]c3=O)C(N(C)Cc3ccc4ccc5cccc6ccc3c4c56)C2O)(c2ccccc2)c2ccc(OC)cc2)cc1. The van der Waals surface area contributed by atoms with Gasteiger partial charge in [0.05, 0.1) is 26.9 Å². The molecule has 2 heterocycles. The highest BCUT2D eigenvalue weighted by Gasteiger charge is 2.49. The minimum absolute atomic E-state index is 0.0637. The van der Waals surface area contributed by atoms with Gasteiger partial charge in [0.25, 0.3) is 5.56 Å². The van der Waals surface area contributed by atoms with Gasteiger partial charge in [0.2, 0.25) is 0 Å². The number of hydrogen-bond donors (Lipinski definition) is 2. The number of methoxy groups -OCH3 is 2. The van der Waals surface area contributed by atoms with E-state index in [-0.39, 0.29) is 6.61 Å². The van der Waals surface area contributed by atoms with Gasteiger partial charge in [-0.15, -0.1) is 0 Å². The maximum atomic E-state index is 13.4. The van der Waals surface area contributed by atoms with Crippen molar-refractivity contribution in [3.8, 4) is 11.5 Å². The van der Waals surface area contributed by atoms with Crippen LogP contribution in [0, 0.1) is 0 Å². The van der Waals surface area contributed by atoms with Crippen molar-refractivity contribution in [2.24, 2.45) is 0 Å². The molecule has 1 saturated heterocycles.